The van der Waals surface area contributed by atoms with Crippen LogP contribution in [0.4, 0.5) is 4.79 Å². The number of urea groups is 1. The zero-order valence-corrected chi connectivity index (χ0v) is 12.3. The first-order chi connectivity index (χ1) is 9.97. The van der Waals surface area contributed by atoms with E-state index in [0.29, 0.717) is 30.8 Å². The Morgan fingerprint density at radius 3 is 2.71 bits per heavy atom. The van der Waals surface area contributed by atoms with Crippen LogP contribution in [0, 0.1) is 0 Å². The molecule has 1 fully saturated rings. The third kappa shape index (κ3) is 3.87. The average Bonchev–Trinajstić information content (AvgIpc) is 2.87. The molecule has 1 heterocycles. The summed E-state index contributed by atoms with van der Waals surface area (Å²) in [6.07, 6.45) is 0.706. The summed E-state index contributed by atoms with van der Waals surface area (Å²) in [5.74, 6) is 0.373. The first kappa shape index (κ1) is 15.2. The van der Waals surface area contributed by atoms with Gasteiger partial charge in [-0.2, -0.15) is 0 Å². The van der Waals surface area contributed by atoms with Gasteiger partial charge in [0.05, 0.1) is 11.7 Å². The first-order valence-electron chi connectivity index (χ1n) is 7.08. The molecule has 0 aromatic heterocycles. The fraction of sp³-hybridized carbons (Fsp3) is 0.467. The Hall–Kier alpha value is -2.24. The van der Waals surface area contributed by atoms with Crippen LogP contribution in [0.25, 0.3) is 0 Å². The monoisotopic (exact) mass is 291 g/mol. The number of amides is 3. The Kier molecular flexibility index (Phi) is 4.67. The molecule has 0 spiro atoms. The Bertz CT molecular complexity index is 531. The van der Waals surface area contributed by atoms with Crippen molar-refractivity contribution in [3.05, 3.63) is 29.8 Å². The van der Waals surface area contributed by atoms with Gasteiger partial charge in [-0.3, -0.25) is 4.79 Å². The standard InChI is InChI=1S/C15H21N3O3/c1-10(2)21-13-6-4-3-5-12(13)14(19)17-11-7-8-18(9-11)15(16)20/h3-6,10-11H,7-9H2,1-2H3,(H2,16,20)(H,17,19). The van der Waals surface area contributed by atoms with Gasteiger partial charge in [0.15, 0.2) is 0 Å². The zero-order chi connectivity index (χ0) is 15.4. The van der Waals surface area contributed by atoms with Crippen LogP contribution in [0.3, 0.4) is 0 Å². The van der Waals surface area contributed by atoms with Gasteiger partial charge in [-0.1, -0.05) is 12.1 Å². The molecule has 0 aliphatic carbocycles. The number of nitrogens with zero attached hydrogens (tertiary/aromatic N) is 1. The lowest BCUT2D eigenvalue weighted by atomic mass is 10.1. The number of hydrogen-bond acceptors (Lipinski definition) is 3. The maximum atomic E-state index is 12.4. The Labute approximate surface area is 124 Å². The smallest absolute Gasteiger partial charge is 0.314 e. The summed E-state index contributed by atoms with van der Waals surface area (Å²) < 4.78 is 5.64. The molecule has 1 aromatic carbocycles. The van der Waals surface area contributed by atoms with Crippen molar-refractivity contribution in [2.45, 2.75) is 32.4 Å². The van der Waals surface area contributed by atoms with Gasteiger partial charge in [-0.15, -0.1) is 0 Å². The van der Waals surface area contributed by atoms with Crippen LogP contribution in [0.5, 0.6) is 5.75 Å². The number of ether oxygens (including phenoxy) is 1. The van der Waals surface area contributed by atoms with E-state index in [4.69, 9.17) is 10.5 Å². The Morgan fingerprint density at radius 2 is 2.10 bits per heavy atom. The molecule has 3 amide bonds. The summed E-state index contributed by atoms with van der Waals surface area (Å²) in [7, 11) is 0. The average molecular weight is 291 g/mol. The van der Waals surface area contributed by atoms with Crippen LogP contribution in [-0.2, 0) is 0 Å². The minimum atomic E-state index is -0.449. The zero-order valence-electron chi connectivity index (χ0n) is 12.3. The van der Waals surface area contributed by atoms with Crippen molar-refractivity contribution in [1.82, 2.24) is 10.2 Å². The van der Waals surface area contributed by atoms with Gasteiger partial charge in [0.2, 0.25) is 0 Å². The quantitative estimate of drug-likeness (QED) is 0.878. The molecule has 114 valence electrons. The van der Waals surface area contributed by atoms with Crippen molar-refractivity contribution >= 4 is 11.9 Å². The summed E-state index contributed by atoms with van der Waals surface area (Å²) in [5.41, 5.74) is 5.74. The highest BCUT2D eigenvalue weighted by atomic mass is 16.5. The van der Waals surface area contributed by atoms with Crippen molar-refractivity contribution in [2.24, 2.45) is 5.73 Å². The van der Waals surface area contributed by atoms with Crippen molar-refractivity contribution in [2.75, 3.05) is 13.1 Å². The van der Waals surface area contributed by atoms with E-state index in [1.54, 1.807) is 18.2 Å². The maximum Gasteiger partial charge on any atom is 0.314 e. The van der Waals surface area contributed by atoms with Crippen LogP contribution in [0.2, 0.25) is 0 Å². The molecule has 1 saturated heterocycles. The van der Waals surface area contributed by atoms with Crippen LogP contribution in [0.1, 0.15) is 30.6 Å². The molecule has 6 heteroatoms. The van der Waals surface area contributed by atoms with E-state index >= 15 is 0 Å². The highest BCUT2D eigenvalue weighted by Gasteiger charge is 2.26. The number of carbonyl (C=O) groups is 2. The van der Waals surface area contributed by atoms with Gasteiger partial charge in [-0.05, 0) is 32.4 Å². The Morgan fingerprint density at radius 1 is 1.38 bits per heavy atom. The van der Waals surface area contributed by atoms with Crippen LogP contribution >= 0.6 is 0 Å². The molecular formula is C15H21N3O3. The van der Waals surface area contributed by atoms with Crippen molar-refractivity contribution in [3.8, 4) is 5.75 Å². The van der Waals surface area contributed by atoms with Gasteiger partial charge < -0.3 is 20.7 Å². The molecule has 21 heavy (non-hydrogen) atoms. The molecule has 1 aliphatic heterocycles. The van der Waals surface area contributed by atoms with Crippen molar-refractivity contribution in [1.29, 1.82) is 0 Å². The lowest BCUT2D eigenvalue weighted by molar-refractivity contribution is 0.0932. The van der Waals surface area contributed by atoms with E-state index in [1.165, 1.54) is 4.90 Å². The SMILES string of the molecule is CC(C)Oc1ccccc1C(=O)NC1CCN(C(N)=O)C1. The number of likely N-dealkylation sites (tertiary alicyclic amines) is 1. The van der Waals surface area contributed by atoms with E-state index in [0.717, 1.165) is 0 Å². The van der Waals surface area contributed by atoms with E-state index < -0.39 is 6.03 Å². The first-order valence-corrected chi connectivity index (χ1v) is 7.08. The van der Waals surface area contributed by atoms with Gasteiger partial charge in [-0.25, -0.2) is 4.79 Å². The number of primary amides is 1. The van der Waals surface area contributed by atoms with Crippen LogP contribution in [-0.4, -0.2) is 42.1 Å². The summed E-state index contributed by atoms with van der Waals surface area (Å²) in [5, 5.41) is 2.93. The summed E-state index contributed by atoms with van der Waals surface area (Å²) in [6.45, 7) is 4.85. The van der Waals surface area contributed by atoms with Crippen molar-refractivity contribution < 1.29 is 14.3 Å². The molecule has 6 nitrogen and oxygen atoms in total. The van der Waals surface area contributed by atoms with E-state index in [2.05, 4.69) is 5.32 Å². The van der Waals surface area contributed by atoms with Gasteiger partial charge in [0, 0.05) is 19.1 Å². The maximum absolute atomic E-state index is 12.4. The predicted molar refractivity (Wildman–Crippen MR) is 79.2 cm³/mol. The van der Waals surface area contributed by atoms with Gasteiger partial charge in [0.1, 0.15) is 5.75 Å². The minimum absolute atomic E-state index is 0.00390. The molecule has 0 radical (unpaired) electrons. The summed E-state index contributed by atoms with van der Waals surface area (Å²) >= 11 is 0. The molecule has 1 atom stereocenters. The topological polar surface area (TPSA) is 84.7 Å². The fourth-order valence-corrected chi connectivity index (χ4v) is 2.35. The second-order valence-corrected chi connectivity index (χ2v) is 5.41. The molecule has 0 bridgehead atoms. The van der Waals surface area contributed by atoms with Crippen LogP contribution < -0.4 is 15.8 Å². The van der Waals surface area contributed by atoms with Crippen molar-refractivity contribution in [3.63, 3.8) is 0 Å². The van der Waals surface area contributed by atoms with E-state index in [1.807, 2.05) is 19.9 Å². The molecular weight excluding hydrogens is 270 g/mol. The number of carbonyl (C=O) groups excluding carboxylic acids is 2. The van der Waals surface area contributed by atoms with Gasteiger partial charge in [0.25, 0.3) is 5.91 Å². The predicted octanol–water partition coefficient (Wildman–Crippen LogP) is 1.36. The molecule has 2 rings (SSSR count). The molecule has 0 saturated carbocycles. The summed E-state index contributed by atoms with van der Waals surface area (Å²) in [4.78, 5) is 25.0. The largest absolute Gasteiger partial charge is 0.490 e. The number of benzene rings is 1. The normalized spacial score (nSPS) is 17.9. The number of hydrogen-bond donors (Lipinski definition) is 2. The van der Waals surface area contributed by atoms with E-state index in [-0.39, 0.29) is 18.1 Å². The van der Waals surface area contributed by atoms with Crippen LogP contribution in [0.15, 0.2) is 24.3 Å². The second-order valence-electron chi connectivity index (χ2n) is 5.41. The highest BCUT2D eigenvalue weighted by molar-refractivity contribution is 5.97. The van der Waals surface area contributed by atoms with Gasteiger partial charge >= 0.3 is 6.03 Å². The minimum Gasteiger partial charge on any atom is -0.490 e. The Balaban J connectivity index is 2.02. The molecule has 1 aromatic rings. The number of rotatable bonds is 4. The summed E-state index contributed by atoms with van der Waals surface area (Å²) in [6, 6.07) is 6.62. The lowest BCUT2D eigenvalue weighted by Gasteiger charge is -2.17. The fourth-order valence-electron chi connectivity index (χ4n) is 2.35. The second kappa shape index (κ2) is 6.47. The lowest BCUT2D eigenvalue weighted by Crippen LogP contribution is -2.40. The van der Waals surface area contributed by atoms with E-state index in [9.17, 15) is 9.59 Å². The number of nitrogens with two attached hydrogens (primary N) is 1. The molecule has 1 unspecified atom stereocenters. The third-order valence-electron chi connectivity index (χ3n) is 3.33. The molecule has 1 aliphatic rings. The number of nitrogens with one attached hydrogen (secondary N) is 1. The molecule has 3 N–H and O–H groups in total. The third-order valence-corrected chi connectivity index (χ3v) is 3.33. The number of para-hydroxylation sites is 1. The highest BCUT2D eigenvalue weighted by Crippen LogP contribution is 2.20.